The minimum Gasteiger partial charge on any atom is -0.495 e. The third-order valence-corrected chi connectivity index (χ3v) is 6.51. The number of hydrogen-bond donors (Lipinski definition) is 1. The third-order valence-electron chi connectivity index (χ3n) is 4.59. The molecule has 2 aromatic carbocycles. The van der Waals surface area contributed by atoms with Gasteiger partial charge in [0, 0.05) is 24.9 Å². The lowest BCUT2D eigenvalue weighted by molar-refractivity contribution is -0.111. The van der Waals surface area contributed by atoms with Gasteiger partial charge in [-0.15, -0.1) is 0 Å². The monoisotopic (exact) mass is 400 g/mol. The molecule has 0 unspecified atom stereocenters. The Hall–Kier alpha value is -2.64. The summed E-state index contributed by atoms with van der Waals surface area (Å²) in [6.45, 7) is 1.00. The SMILES string of the molecule is COc1ccc(NC(=O)/C=C/c2ccccc2)cc1S(=O)(=O)N1CCCCC1. The quantitative estimate of drug-likeness (QED) is 0.753. The van der Waals surface area contributed by atoms with E-state index in [-0.39, 0.29) is 16.6 Å². The van der Waals surface area contributed by atoms with Gasteiger partial charge in [-0.2, -0.15) is 4.31 Å². The minimum atomic E-state index is -3.68. The summed E-state index contributed by atoms with van der Waals surface area (Å²) in [4.78, 5) is 12.3. The highest BCUT2D eigenvalue weighted by molar-refractivity contribution is 7.89. The molecule has 1 aliphatic heterocycles. The number of nitrogens with zero attached hydrogens (tertiary/aromatic N) is 1. The minimum absolute atomic E-state index is 0.0711. The van der Waals surface area contributed by atoms with Crippen molar-refractivity contribution >= 4 is 27.7 Å². The van der Waals surface area contributed by atoms with E-state index in [0.29, 0.717) is 18.8 Å². The molecule has 1 aliphatic rings. The average molecular weight is 401 g/mol. The molecule has 0 bridgehead atoms. The Kier molecular flexibility index (Phi) is 6.49. The molecule has 1 amide bonds. The first kappa shape index (κ1) is 20.1. The van der Waals surface area contributed by atoms with Crippen molar-refractivity contribution in [1.82, 2.24) is 4.31 Å². The summed E-state index contributed by atoms with van der Waals surface area (Å²) in [5, 5.41) is 2.71. The fraction of sp³-hybridized carbons (Fsp3) is 0.286. The van der Waals surface area contributed by atoms with Crippen molar-refractivity contribution < 1.29 is 17.9 Å². The molecule has 1 saturated heterocycles. The van der Waals surface area contributed by atoms with Crippen molar-refractivity contribution in [1.29, 1.82) is 0 Å². The molecule has 148 valence electrons. The predicted molar refractivity (Wildman–Crippen MR) is 110 cm³/mol. The van der Waals surface area contributed by atoms with Crippen LogP contribution in [0.25, 0.3) is 6.08 Å². The summed E-state index contributed by atoms with van der Waals surface area (Å²) >= 11 is 0. The lowest BCUT2D eigenvalue weighted by Crippen LogP contribution is -2.35. The number of anilines is 1. The van der Waals surface area contributed by atoms with Crippen molar-refractivity contribution in [2.45, 2.75) is 24.2 Å². The summed E-state index contributed by atoms with van der Waals surface area (Å²) in [5.74, 6) is -0.0706. The number of ether oxygens (including phenoxy) is 1. The second-order valence-corrected chi connectivity index (χ2v) is 8.47. The second-order valence-electron chi connectivity index (χ2n) is 6.56. The van der Waals surface area contributed by atoms with Gasteiger partial charge in [0.05, 0.1) is 7.11 Å². The van der Waals surface area contributed by atoms with Crippen LogP contribution in [0, 0.1) is 0 Å². The summed E-state index contributed by atoms with van der Waals surface area (Å²) < 4.78 is 32.8. The molecule has 3 rings (SSSR count). The van der Waals surface area contributed by atoms with Gasteiger partial charge in [0.2, 0.25) is 15.9 Å². The first-order valence-electron chi connectivity index (χ1n) is 9.23. The summed E-state index contributed by atoms with van der Waals surface area (Å²) in [7, 11) is -2.24. The number of amides is 1. The van der Waals surface area contributed by atoms with Crippen LogP contribution < -0.4 is 10.1 Å². The number of methoxy groups -OCH3 is 1. The molecule has 0 atom stereocenters. The molecule has 2 aromatic rings. The Morgan fingerprint density at radius 2 is 1.79 bits per heavy atom. The molecule has 0 aromatic heterocycles. The Balaban J connectivity index is 1.80. The molecule has 1 N–H and O–H groups in total. The smallest absolute Gasteiger partial charge is 0.248 e. The maximum Gasteiger partial charge on any atom is 0.248 e. The summed E-state index contributed by atoms with van der Waals surface area (Å²) in [6, 6.07) is 14.1. The standard InChI is InChI=1S/C21H24N2O4S/c1-27-19-12-11-18(22-21(24)13-10-17-8-4-2-5-9-17)16-20(19)28(25,26)23-14-6-3-7-15-23/h2,4-5,8-13,16H,3,6-7,14-15H2,1H3,(H,22,24)/b13-10+. The second kappa shape index (κ2) is 9.03. The molecule has 6 nitrogen and oxygen atoms in total. The van der Waals surface area contributed by atoms with E-state index < -0.39 is 10.0 Å². The number of nitrogens with one attached hydrogen (secondary N) is 1. The predicted octanol–water partition coefficient (Wildman–Crippen LogP) is 3.52. The highest BCUT2D eigenvalue weighted by Gasteiger charge is 2.29. The Labute approximate surface area is 165 Å². The number of piperidine rings is 1. The van der Waals surface area contributed by atoms with E-state index in [9.17, 15) is 13.2 Å². The Morgan fingerprint density at radius 3 is 2.46 bits per heavy atom. The average Bonchev–Trinajstić information content (AvgIpc) is 2.73. The van der Waals surface area contributed by atoms with E-state index in [2.05, 4.69) is 5.32 Å². The zero-order valence-corrected chi connectivity index (χ0v) is 16.6. The van der Waals surface area contributed by atoms with Crippen molar-refractivity contribution in [2.75, 3.05) is 25.5 Å². The van der Waals surface area contributed by atoms with Gasteiger partial charge in [-0.3, -0.25) is 4.79 Å². The normalized spacial score (nSPS) is 15.5. The lowest BCUT2D eigenvalue weighted by Gasteiger charge is -2.26. The molecule has 0 aliphatic carbocycles. The van der Waals surface area contributed by atoms with E-state index in [1.54, 1.807) is 18.2 Å². The van der Waals surface area contributed by atoms with E-state index >= 15 is 0 Å². The van der Waals surface area contributed by atoms with Gasteiger partial charge >= 0.3 is 0 Å². The van der Waals surface area contributed by atoms with Crippen LogP contribution in [0.15, 0.2) is 59.5 Å². The van der Waals surface area contributed by atoms with Crippen LogP contribution in [0.5, 0.6) is 5.75 Å². The highest BCUT2D eigenvalue weighted by Crippen LogP contribution is 2.31. The van der Waals surface area contributed by atoms with Gasteiger partial charge in [0.15, 0.2) is 0 Å². The number of carbonyl (C=O) groups is 1. The third kappa shape index (κ3) is 4.79. The molecular weight excluding hydrogens is 376 g/mol. The van der Waals surface area contributed by atoms with Crippen molar-refractivity contribution in [3.63, 3.8) is 0 Å². The Bertz CT molecular complexity index is 950. The van der Waals surface area contributed by atoms with Gasteiger partial charge in [-0.05, 0) is 42.7 Å². The van der Waals surface area contributed by atoms with Crippen LogP contribution in [-0.2, 0) is 14.8 Å². The fourth-order valence-corrected chi connectivity index (χ4v) is 4.82. The molecule has 0 spiro atoms. The fourth-order valence-electron chi connectivity index (χ4n) is 3.12. The van der Waals surface area contributed by atoms with Gasteiger partial charge in [-0.25, -0.2) is 8.42 Å². The van der Waals surface area contributed by atoms with Gasteiger partial charge in [0.1, 0.15) is 10.6 Å². The molecule has 1 fully saturated rings. The summed E-state index contributed by atoms with van der Waals surface area (Å²) in [5.41, 5.74) is 1.31. The topological polar surface area (TPSA) is 75.7 Å². The maximum absolute atomic E-state index is 13.0. The molecule has 0 saturated carbocycles. The van der Waals surface area contributed by atoms with Crippen LogP contribution in [0.3, 0.4) is 0 Å². The lowest BCUT2D eigenvalue weighted by atomic mass is 10.2. The number of rotatable bonds is 6. The zero-order valence-electron chi connectivity index (χ0n) is 15.8. The van der Waals surface area contributed by atoms with E-state index in [1.165, 1.54) is 23.6 Å². The number of sulfonamides is 1. The van der Waals surface area contributed by atoms with Crippen LogP contribution in [0.4, 0.5) is 5.69 Å². The van der Waals surface area contributed by atoms with E-state index in [0.717, 1.165) is 24.8 Å². The molecule has 1 heterocycles. The zero-order chi connectivity index (χ0) is 20.0. The first-order valence-corrected chi connectivity index (χ1v) is 10.7. The largest absolute Gasteiger partial charge is 0.495 e. The highest BCUT2D eigenvalue weighted by atomic mass is 32.2. The van der Waals surface area contributed by atoms with Crippen molar-refractivity contribution in [3.05, 3.63) is 60.2 Å². The van der Waals surface area contributed by atoms with Crippen LogP contribution >= 0.6 is 0 Å². The van der Waals surface area contributed by atoms with Crippen LogP contribution in [0.2, 0.25) is 0 Å². The van der Waals surface area contributed by atoms with Crippen LogP contribution in [-0.4, -0.2) is 38.8 Å². The van der Waals surface area contributed by atoms with Gasteiger partial charge < -0.3 is 10.1 Å². The molecule has 28 heavy (non-hydrogen) atoms. The Morgan fingerprint density at radius 1 is 1.07 bits per heavy atom. The number of benzene rings is 2. The van der Waals surface area contributed by atoms with Gasteiger partial charge in [-0.1, -0.05) is 36.8 Å². The first-order chi connectivity index (χ1) is 13.5. The molecular formula is C21H24N2O4S. The maximum atomic E-state index is 13.0. The van der Waals surface area contributed by atoms with Crippen molar-refractivity contribution in [3.8, 4) is 5.75 Å². The molecule has 0 radical (unpaired) electrons. The molecule has 7 heteroatoms. The summed E-state index contributed by atoms with van der Waals surface area (Å²) in [6.07, 6.45) is 5.85. The van der Waals surface area contributed by atoms with E-state index in [4.69, 9.17) is 4.74 Å². The van der Waals surface area contributed by atoms with Gasteiger partial charge in [0.25, 0.3) is 0 Å². The van der Waals surface area contributed by atoms with Crippen molar-refractivity contribution in [2.24, 2.45) is 0 Å². The number of hydrogen-bond acceptors (Lipinski definition) is 4. The number of carbonyl (C=O) groups excluding carboxylic acids is 1. The van der Waals surface area contributed by atoms with Crippen LogP contribution in [0.1, 0.15) is 24.8 Å². The van der Waals surface area contributed by atoms with E-state index in [1.807, 2.05) is 30.3 Å².